The highest BCUT2D eigenvalue weighted by Crippen LogP contribution is 2.45. The summed E-state index contributed by atoms with van der Waals surface area (Å²) in [5, 5.41) is 35.1. The summed E-state index contributed by atoms with van der Waals surface area (Å²) in [7, 11) is 0. The maximum atomic E-state index is 10.8. The molecule has 0 amide bonds. The molecular weight excluding hydrogens is 721 g/mol. The molecule has 6 heteroatoms. The molecule has 0 radical (unpaired) electrons. The van der Waals surface area contributed by atoms with E-state index in [0.717, 1.165) is 93.9 Å². The van der Waals surface area contributed by atoms with E-state index in [9.17, 15) is 15.8 Å². The molecule has 0 fully saturated rings. The van der Waals surface area contributed by atoms with Crippen molar-refractivity contribution < 1.29 is 0 Å². The van der Waals surface area contributed by atoms with E-state index in [1.807, 2.05) is 104 Å². The third-order valence-corrected chi connectivity index (χ3v) is 11.2. The fraction of sp³-hybridized carbons (Fsp3) is 0.0189. The number of fused-ring (bicyclic) bond motifs is 6. The number of hydrogen-bond donors (Lipinski definition) is 0. The van der Waals surface area contributed by atoms with Gasteiger partial charge < -0.3 is 9.13 Å². The first-order valence-electron chi connectivity index (χ1n) is 19.1. The number of aryl methyl sites for hydroxylation is 1. The summed E-state index contributed by atoms with van der Waals surface area (Å²) in [6.07, 6.45) is 0. The van der Waals surface area contributed by atoms with Gasteiger partial charge in [0.05, 0.1) is 74.9 Å². The van der Waals surface area contributed by atoms with Crippen molar-refractivity contribution in [2.45, 2.75) is 6.92 Å². The Bertz CT molecular complexity index is 3380. The summed E-state index contributed by atoms with van der Waals surface area (Å²) < 4.78 is 4.46. The fourth-order valence-electron chi connectivity index (χ4n) is 8.76. The van der Waals surface area contributed by atoms with Crippen LogP contribution in [0.1, 0.15) is 22.3 Å². The monoisotopic (exact) mass is 750 g/mol. The summed E-state index contributed by atoms with van der Waals surface area (Å²) in [6.45, 7) is 9.84. The molecule has 2 heterocycles. The standard InChI is InChI=1S/C53H30N6/c1-33-23-34(30-54)25-39(24-33)53-51(58-47-17-9-6-14-42(47)44-28-36(19-21-49(44)58)40-12-4-3-11-38(40)32-56)26-35(31-55)27-52(53)59-48-18-10-7-15-43(48)45-29-37(20-22-50(45)59)41-13-5-8-16-46(41)57-2/h3-29H,1H3. The third-order valence-electron chi connectivity index (χ3n) is 11.2. The molecule has 8 aromatic carbocycles. The van der Waals surface area contributed by atoms with E-state index in [1.54, 1.807) is 0 Å². The van der Waals surface area contributed by atoms with Crippen molar-refractivity contribution in [1.82, 2.24) is 9.13 Å². The quantitative estimate of drug-likeness (QED) is 0.164. The van der Waals surface area contributed by atoms with Gasteiger partial charge in [-0.2, -0.15) is 15.8 Å². The van der Waals surface area contributed by atoms with Gasteiger partial charge in [0.2, 0.25) is 0 Å². The lowest BCUT2D eigenvalue weighted by molar-refractivity contribution is 1.13. The Labute approximate surface area is 340 Å². The van der Waals surface area contributed by atoms with E-state index in [4.69, 9.17) is 6.57 Å². The van der Waals surface area contributed by atoms with Gasteiger partial charge in [-0.1, -0.05) is 97.1 Å². The first kappa shape index (κ1) is 34.8. The Morgan fingerprint density at radius 3 is 1.56 bits per heavy atom. The van der Waals surface area contributed by atoms with E-state index in [1.165, 1.54) is 0 Å². The van der Waals surface area contributed by atoms with Gasteiger partial charge in [-0.05, 0) is 107 Å². The molecule has 0 bridgehead atoms. The lowest BCUT2D eigenvalue weighted by atomic mass is 9.95. The minimum Gasteiger partial charge on any atom is -0.308 e. The molecule has 0 saturated carbocycles. The second-order valence-electron chi connectivity index (χ2n) is 14.7. The first-order valence-corrected chi connectivity index (χ1v) is 19.1. The summed E-state index contributed by atoms with van der Waals surface area (Å²) >= 11 is 0. The van der Waals surface area contributed by atoms with Gasteiger partial charge in [0, 0.05) is 27.1 Å². The zero-order valence-corrected chi connectivity index (χ0v) is 31.8. The maximum absolute atomic E-state index is 10.8. The molecule has 272 valence electrons. The van der Waals surface area contributed by atoms with Gasteiger partial charge in [0.15, 0.2) is 5.69 Å². The zero-order valence-electron chi connectivity index (χ0n) is 31.8. The van der Waals surface area contributed by atoms with Gasteiger partial charge in [-0.25, -0.2) is 4.85 Å². The molecule has 0 aliphatic carbocycles. The molecule has 0 unspecified atom stereocenters. The van der Waals surface area contributed by atoms with Crippen LogP contribution in [0.3, 0.4) is 0 Å². The van der Waals surface area contributed by atoms with Gasteiger partial charge in [-0.3, -0.25) is 0 Å². The van der Waals surface area contributed by atoms with Gasteiger partial charge in [0.1, 0.15) is 0 Å². The number of aromatic nitrogens is 2. The second kappa shape index (κ2) is 13.8. The normalized spacial score (nSPS) is 11.1. The minimum absolute atomic E-state index is 0.478. The Hall–Kier alpha value is -8.68. The molecular formula is C53H30N6. The van der Waals surface area contributed by atoms with Crippen LogP contribution in [0, 0.1) is 47.5 Å². The molecule has 10 rings (SSSR count). The Kier molecular flexibility index (Phi) is 8.14. The molecule has 6 nitrogen and oxygen atoms in total. The lowest BCUT2D eigenvalue weighted by Crippen LogP contribution is -2.05. The van der Waals surface area contributed by atoms with Gasteiger partial charge >= 0.3 is 0 Å². The predicted octanol–water partition coefficient (Wildman–Crippen LogP) is 13.4. The van der Waals surface area contributed by atoms with Crippen molar-refractivity contribution in [2.24, 2.45) is 0 Å². The van der Waals surface area contributed by atoms with E-state index < -0.39 is 0 Å². The highest BCUT2D eigenvalue weighted by molar-refractivity contribution is 6.13. The topological polar surface area (TPSA) is 85.6 Å². The van der Waals surface area contributed by atoms with Crippen LogP contribution in [0.4, 0.5) is 5.69 Å². The average Bonchev–Trinajstić information content (AvgIpc) is 3.80. The summed E-state index contributed by atoms with van der Waals surface area (Å²) in [4.78, 5) is 3.81. The molecule has 0 aliphatic heterocycles. The van der Waals surface area contributed by atoms with Crippen LogP contribution in [-0.2, 0) is 0 Å². The van der Waals surface area contributed by atoms with Crippen LogP contribution >= 0.6 is 0 Å². The minimum atomic E-state index is 0.478. The zero-order chi connectivity index (χ0) is 40.2. The molecule has 0 N–H and O–H groups in total. The molecule has 0 aliphatic rings. The van der Waals surface area contributed by atoms with Gasteiger partial charge in [-0.15, -0.1) is 0 Å². The second-order valence-corrected chi connectivity index (χ2v) is 14.7. The molecule has 0 spiro atoms. The van der Waals surface area contributed by atoms with E-state index in [-0.39, 0.29) is 0 Å². The largest absolute Gasteiger partial charge is 0.308 e. The number of rotatable bonds is 5. The highest BCUT2D eigenvalue weighted by Gasteiger charge is 2.24. The SMILES string of the molecule is [C-]#[N+]c1ccccc1-c1ccc2c(c1)c1ccccc1n2-c1cc(C#N)cc(-n2c3ccccc3c3cc(-c4ccccc4C#N)ccc32)c1-c1cc(C)cc(C#N)c1. The molecule has 0 atom stereocenters. The van der Waals surface area contributed by atoms with Crippen LogP contribution in [0.15, 0.2) is 164 Å². The van der Waals surface area contributed by atoms with E-state index in [0.29, 0.717) is 22.4 Å². The van der Waals surface area contributed by atoms with Crippen LogP contribution < -0.4 is 0 Å². The van der Waals surface area contributed by atoms with Crippen LogP contribution in [0.25, 0.3) is 93.2 Å². The number of nitriles is 3. The maximum Gasteiger partial charge on any atom is 0.194 e. The Balaban J connectivity index is 1.34. The van der Waals surface area contributed by atoms with Gasteiger partial charge in [0.25, 0.3) is 0 Å². The van der Waals surface area contributed by atoms with Crippen LogP contribution in [0.2, 0.25) is 0 Å². The van der Waals surface area contributed by atoms with Crippen molar-refractivity contribution in [2.75, 3.05) is 0 Å². The number of para-hydroxylation sites is 3. The summed E-state index contributed by atoms with van der Waals surface area (Å²) in [6, 6.07) is 61.5. The highest BCUT2D eigenvalue weighted by atomic mass is 15.0. The number of benzene rings is 8. The van der Waals surface area contributed by atoms with Crippen molar-refractivity contribution >= 4 is 49.3 Å². The summed E-state index contributed by atoms with van der Waals surface area (Å²) in [5.74, 6) is 0. The predicted molar refractivity (Wildman–Crippen MR) is 237 cm³/mol. The molecule has 0 saturated heterocycles. The van der Waals surface area contributed by atoms with Crippen molar-refractivity contribution in [3.8, 4) is 63.0 Å². The number of hydrogen-bond acceptors (Lipinski definition) is 3. The molecule has 10 aromatic rings. The fourth-order valence-corrected chi connectivity index (χ4v) is 8.76. The van der Waals surface area contributed by atoms with Crippen LogP contribution in [-0.4, -0.2) is 9.13 Å². The smallest absolute Gasteiger partial charge is 0.194 e. The van der Waals surface area contributed by atoms with Crippen molar-refractivity contribution in [3.63, 3.8) is 0 Å². The summed E-state index contributed by atoms with van der Waals surface area (Å²) in [5.41, 5.74) is 13.8. The molecule has 2 aromatic heterocycles. The van der Waals surface area contributed by atoms with E-state index >= 15 is 0 Å². The number of nitrogens with zero attached hydrogens (tertiary/aromatic N) is 6. The Morgan fingerprint density at radius 1 is 0.458 bits per heavy atom. The molecule has 59 heavy (non-hydrogen) atoms. The first-order chi connectivity index (χ1) is 29.0. The Morgan fingerprint density at radius 2 is 0.966 bits per heavy atom. The van der Waals surface area contributed by atoms with Crippen LogP contribution in [0.5, 0.6) is 0 Å². The third kappa shape index (κ3) is 5.53. The lowest BCUT2D eigenvalue weighted by Gasteiger charge is -2.21. The van der Waals surface area contributed by atoms with Crippen molar-refractivity contribution in [1.29, 1.82) is 15.8 Å². The van der Waals surface area contributed by atoms with E-state index in [2.05, 4.69) is 98.9 Å². The average molecular weight is 751 g/mol. The van der Waals surface area contributed by atoms with Crippen molar-refractivity contribution in [3.05, 3.63) is 197 Å².